The van der Waals surface area contributed by atoms with Gasteiger partial charge in [0.15, 0.2) is 11.6 Å². The monoisotopic (exact) mass is 294 g/mol. The summed E-state index contributed by atoms with van der Waals surface area (Å²) in [6.45, 7) is 3.91. The van der Waals surface area contributed by atoms with E-state index in [0.29, 0.717) is 5.75 Å². The van der Waals surface area contributed by atoms with Crippen molar-refractivity contribution in [1.82, 2.24) is 0 Å². The lowest BCUT2D eigenvalue weighted by Gasteiger charge is -2.10. The largest absolute Gasteiger partial charge is 0.477 e. The van der Waals surface area contributed by atoms with Crippen LogP contribution in [0.1, 0.15) is 19.4 Å². The summed E-state index contributed by atoms with van der Waals surface area (Å²) in [4.78, 5) is 0. The van der Waals surface area contributed by atoms with E-state index in [4.69, 9.17) is 4.74 Å². The number of ether oxygens (including phenoxy) is 1. The molecule has 0 aromatic heterocycles. The van der Waals surface area contributed by atoms with E-state index >= 15 is 0 Å². The fourth-order valence-electron chi connectivity index (χ4n) is 1.03. The molecule has 1 rings (SSSR count). The van der Waals surface area contributed by atoms with Crippen LogP contribution >= 0.6 is 22.6 Å². The van der Waals surface area contributed by atoms with E-state index < -0.39 is 0 Å². The minimum absolute atomic E-state index is 0.0146. The van der Waals surface area contributed by atoms with Crippen LogP contribution in [0, 0.1) is 5.82 Å². The second-order valence-corrected chi connectivity index (χ2v) is 4.53. The number of rotatable bonds is 3. The number of hydrogen-bond donors (Lipinski definition) is 0. The maximum Gasteiger partial charge on any atom is 0.165 e. The smallest absolute Gasteiger partial charge is 0.165 e. The Kier molecular flexibility index (Phi) is 3.96. The van der Waals surface area contributed by atoms with Gasteiger partial charge in [0.05, 0.1) is 0 Å². The fourth-order valence-corrected chi connectivity index (χ4v) is 1.31. The van der Waals surface area contributed by atoms with E-state index in [1.165, 1.54) is 6.07 Å². The molecule has 0 bridgehead atoms. The van der Waals surface area contributed by atoms with Gasteiger partial charge in [0, 0.05) is 0 Å². The maximum absolute atomic E-state index is 13.1. The summed E-state index contributed by atoms with van der Waals surface area (Å²) in [6, 6.07) is 4.98. The van der Waals surface area contributed by atoms with Gasteiger partial charge in [-0.3, -0.25) is 0 Å². The maximum atomic E-state index is 13.1. The predicted octanol–water partition coefficient (Wildman–Crippen LogP) is 3.55. The molecule has 3 heteroatoms. The number of benzene rings is 1. The minimum atomic E-state index is -0.291. The minimum Gasteiger partial charge on any atom is -0.477 e. The average Bonchev–Trinajstić information content (AvgIpc) is 2.08. The van der Waals surface area contributed by atoms with E-state index in [1.54, 1.807) is 12.1 Å². The van der Waals surface area contributed by atoms with Gasteiger partial charge in [-0.25, -0.2) is 4.39 Å². The Hall–Kier alpha value is -0.320. The summed E-state index contributed by atoms with van der Waals surface area (Å²) in [5, 5.41) is 0. The lowest BCUT2D eigenvalue weighted by Crippen LogP contribution is -2.03. The second-order valence-electron chi connectivity index (χ2n) is 2.78. The highest BCUT2D eigenvalue weighted by molar-refractivity contribution is 14.1. The molecule has 0 heterocycles. The third-order valence-corrected chi connectivity index (χ3v) is 1.95. The molecule has 0 N–H and O–H groups in total. The van der Waals surface area contributed by atoms with Crippen LogP contribution in [0.4, 0.5) is 4.39 Å². The number of aryl methyl sites for hydroxylation is 1. The van der Waals surface area contributed by atoms with Gasteiger partial charge < -0.3 is 4.74 Å². The molecule has 0 saturated heterocycles. The number of hydrogen-bond acceptors (Lipinski definition) is 1. The van der Waals surface area contributed by atoms with Crippen LogP contribution in [-0.2, 0) is 6.42 Å². The van der Waals surface area contributed by atoms with Crippen molar-refractivity contribution in [3.05, 3.63) is 29.6 Å². The molecule has 0 aliphatic rings. The van der Waals surface area contributed by atoms with Crippen LogP contribution < -0.4 is 4.74 Å². The summed E-state index contributed by atoms with van der Waals surface area (Å²) in [7, 11) is 0. The normalized spacial score (nSPS) is 12.6. The first kappa shape index (κ1) is 10.8. The molecule has 13 heavy (non-hydrogen) atoms. The molecule has 1 aromatic carbocycles. The van der Waals surface area contributed by atoms with Crippen LogP contribution in [0.25, 0.3) is 0 Å². The van der Waals surface area contributed by atoms with Gasteiger partial charge in [0.25, 0.3) is 0 Å². The van der Waals surface area contributed by atoms with Crippen molar-refractivity contribution < 1.29 is 9.13 Å². The van der Waals surface area contributed by atoms with Gasteiger partial charge in [0.1, 0.15) is 4.11 Å². The van der Waals surface area contributed by atoms with E-state index in [1.807, 2.05) is 13.8 Å². The summed E-state index contributed by atoms with van der Waals surface area (Å²) in [5.41, 5.74) is 1.09. The van der Waals surface area contributed by atoms with Crippen LogP contribution in [0.15, 0.2) is 18.2 Å². The van der Waals surface area contributed by atoms with Gasteiger partial charge in [-0.15, -0.1) is 0 Å². The fraction of sp³-hybridized carbons (Fsp3) is 0.400. The molecule has 0 fully saturated rings. The lowest BCUT2D eigenvalue weighted by atomic mass is 10.1. The first-order valence-corrected chi connectivity index (χ1v) is 5.47. The summed E-state index contributed by atoms with van der Waals surface area (Å²) in [6.07, 6.45) is 0.895. The third kappa shape index (κ3) is 3.14. The third-order valence-electron chi connectivity index (χ3n) is 1.69. The molecule has 0 amide bonds. The van der Waals surface area contributed by atoms with Crippen LogP contribution in [0.3, 0.4) is 0 Å². The molecule has 0 radical (unpaired) electrons. The van der Waals surface area contributed by atoms with Crippen molar-refractivity contribution in [2.45, 2.75) is 24.4 Å². The molecule has 1 unspecified atom stereocenters. The highest BCUT2D eigenvalue weighted by Gasteiger charge is 2.06. The van der Waals surface area contributed by atoms with Crippen molar-refractivity contribution >= 4 is 22.6 Å². The van der Waals surface area contributed by atoms with Gasteiger partial charge in [0.2, 0.25) is 0 Å². The van der Waals surface area contributed by atoms with Gasteiger partial charge in [-0.2, -0.15) is 0 Å². The first-order valence-electron chi connectivity index (χ1n) is 4.22. The van der Waals surface area contributed by atoms with Crippen molar-refractivity contribution in [3.63, 3.8) is 0 Å². The summed E-state index contributed by atoms with van der Waals surface area (Å²) in [5.74, 6) is 0.0574. The highest BCUT2D eigenvalue weighted by atomic mass is 127. The Balaban J connectivity index is 2.90. The quantitative estimate of drug-likeness (QED) is 0.612. The molecule has 0 saturated carbocycles. The molecule has 1 atom stereocenters. The Morgan fingerprint density at radius 3 is 2.77 bits per heavy atom. The molecular weight excluding hydrogens is 282 g/mol. The summed E-state index contributed by atoms with van der Waals surface area (Å²) >= 11 is 2.10. The van der Waals surface area contributed by atoms with Gasteiger partial charge in [-0.1, -0.05) is 13.0 Å². The molecule has 0 aliphatic carbocycles. The first-order chi connectivity index (χ1) is 6.13. The van der Waals surface area contributed by atoms with E-state index in [2.05, 4.69) is 22.6 Å². The zero-order valence-corrected chi connectivity index (χ0v) is 9.84. The molecule has 1 aromatic rings. The van der Waals surface area contributed by atoms with Crippen LogP contribution in [0.2, 0.25) is 0 Å². The lowest BCUT2D eigenvalue weighted by molar-refractivity contribution is 0.305. The topological polar surface area (TPSA) is 9.23 Å². The second kappa shape index (κ2) is 4.79. The zero-order valence-electron chi connectivity index (χ0n) is 7.68. The SMILES string of the molecule is CCc1ccc(F)c(OC(C)I)c1. The van der Waals surface area contributed by atoms with Crippen LogP contribution in [-0.4, -0.2) is 4.11 Å². The molecule has 0 spiro atoms. The Morgan fingerprint density at radius 1 is 1.54 bits per heavy atom. The summed E-state index contributed by atoms with van der Waals surface area (Å²) < 4.78 is 18.4. The van der Waals surface area contributed by atoms with Crippen LogP contribution in [0.5, 0.6) is 5.75 Å². The molecule has 1 nitrogen and oxygen atoms in total. The van der Waals surface area contributed by atoms with E-state index in [-0.39, 0.29) is 9.93 Å². The Bertz CT molecular complexity index is 286. The Morgan fingerprint density at radius 2 is 2.23 bits per heavy atom. The van der Waals surface area contributed by atoms with Crippen molar-refractivity contribution in [3.8, 4) is 5.75 Å². The standard InChI is InChI=1S/C10H12FIO/c1-3-8-4-5-9(11)10(6-8)13-7(2)12/h4-7H,3H2,1-2H3. The average molecular weight is 294 g/mol. The predicted molar refractivity (Wildman–Crippen MR) is 59.9 cm³/mol. The Labute approximate surface area is 91.4 Å². The van der Waals surface area contributed by atoms with Gasteiger partial charge >= 0.3 is 0 Å². The molecule has 72 valence electrons. The number of alkyl halides is 1. The van der Waals surface area contributed by atoms with Crippen molar-refractivity contribution in [2.75, 3.05) is 0 Å². The van der Waals surface area contributed by atoms with Crippen molar-refractivity contribution in [2.24, 2.45) is 0 Å². The van der Waals surface area contributed by atoms with Crippen molar-refractivity contribution in [1.29, 1.82) is 0 Å². The number of halogens is 2. The molecular formula is C10H12FIO. The highest BCUT2D eigenvalue weighted by Crippen LogP contribution is 2.21. The van der Waals surface area contributed by atoms with Gasteiger partial charge in [-0.05, 0) is 53.6 Å². The molecule has 0 aliphatic heterocycles. The van der Waals surface area contributed by atoms with E-state index in [9.17, 15) is 4.39 Å². The van der Waals surface area contributed by atoms with E-state index in [0.717, 1.165) is 12.0 Å². The zero-order chi connectivity index (χ0) is 9.84.